The molecule has 2 aliphatic rings. The van der Waals surface area contributed by atoms with E-state index in [1.807, 2.05) is 0 Å². The number of allylic oxidation sites excluding steroid dienone is 1. The molecule has 9 aromatic rings. The van der Waals surface area contributed by atoms with Crippen molar-refractivity contribution in [2.45, 2.75) is 139 Å². The maximum atomic E-state index is 7.45. The van der Waals surface area contributed by atoms with Crippen molar-refractivity contribution in [1.29, 1.82) is 0 Å². The maximum absolute atomic E-state index is 7.45. The zero-order chi connectivity index (χ0) is 49.2. The van der Waals surface area contributed by atoms with Crippen LogP contribution in [0.1, 0.15) is 144 Å². The van der Waals surface area contributed by atoms with Gasteiger partial charge in [0.1, 0.15) is 5.58 Å². The Morgan fingerprint density at radius 1 is 0.536 bits per heavy atom. The average Bonchev–Trinajstić information content (AvgIpc) is 3.91. The van der Waals surface area contributed by atoms with E-state index in [-0.39, 0.29) is 33.8 Å². The summed E-state index contributed by atoms with van der Waals surface area (Å²) in [5.74, 6) is 0. The number of rotatable bonds is 3. The Bertz CT molecular complexity index is 3580. The van der Waals surface area contributed by atoms with Gasteiger partial charge in [-0.3, -0.25) is 0 Å². The van der Waals surface area contributed by atoms with Crippen molar-refractivity contribution in [3.05, 3.63) is 148 Å². The van der Waals surface area contributed by atoms with Gasteiger partial charge in [0.2, 0.25) is 0 Å². The minimum Gasteiger partial charge on any atom is -0.468 e. The summed E-state index contributed by atoms with van der Waals surface area (Å²) in [6.07, 6.45) is 2.52. The van der Waals surface area contributed by atoms with Gasteiger partial charge in [-0.2, -0.15) is 0 Å². The first kappa shape index (κ1) is 45.3. The van der Waals surface area contributed by atoms with Gasteiger partial charge >= 0.3 is 0 Å². The van der Waals surface area contributed by atoms with E-state index in [9.17, 15) is 0 Å². The first-order valence-electron chi connectivity index (χ1n) is 25.3. The Labute approximate surface area is 411 Å². The zero-order valence-corrected chi connectivity index (χ0v) is 44.3. The third-order valence-electron chi connectivity index (χ3n) is 15.8. The summed E-state index contributed by atoms with van der Waals surface area (Å²) >= 11 is 0. The van der Waals surface area contributed by atoms with Crippen molar-refractivity contribution in [2.75, 3.05) is 9.80 Å². The van der Waals surface area contributed by atoms with Gasteiger partial charge in [-0.1, -0.05) is 170 Å². The molecule has 0 radical (unpaired) electrons. The van der Waals surface area contributed by atoms with Crippen molar-refractivity contribution >= 4 is 102 Å². The number of hydrogen-bond acceptors (Lipinski definition) is 3. The van der Waals surface area contributed by atoms with Crippen molar-refractivity contribution in [3.63, 3.8) is 0 Å². The quantitative estimate of drug-likeness (QED) is 0.165. The second-order valence-electron chi connectivity index (χ2n) is 25.6. The lowest BCUT2D eigenvalue weighted by atomic mass is 9.35. The van der Waals surface area contributed by atoms with Crippen LogP contribution in [0.2, 0.25) is 0 Å². The van der Waals surface area contributed by atoms with E-state index in [2.05, 4.69) is 247 Å². The van der Waals surface area contributed by atoms with E-state index in [1.54, 1.807) is 0 Å². The minimum atomic E-state index is -0.204. The monoisotopic (exact) mass is 908 g/mol. The Morgan fingerprint density at radius 3 is 1.64 bits per heavy atom. The largest absolute Gasteiger partial charge is 0.468 e. The summed E-state index contributed by atoms with van der Waals surface area (Å²) < 4.78 is 10.1. The predicted molar refractivity (Wildman–Crippen MR) is 300 cm³/mol. The van der Waals surface area contributed by atoms with Crippen LogP contribution in [0.5, 0.6) is 0 Å². The standard InChI is InChI=1S/C64H70BN3O/c1-37(60(3,4)5)34-46-38(2)66-49-32-26-41(63(12,13)14)35-47(49)53-56(66)52(46)57-54-58(53)68(44-30-24-40(25-31-44)62(9,10)11)55-45-20-18-19-21-51(45)69-59(55)65(54)48-36-42(64(15,16)17)27-33-50(48)67(57)43-28-22-39(23-29-43)61(6,7)8/h18-36H,1-17H3/b37-34+. The summed E-state index contributed by atoms with van der Waals surface area (Å²) in [5.41, 5.74) is 23.0. The molecule has 2 aliphatic heterocycles. The lowest BCUT2D eigenvalue weighted by molar-refractivity contribution is 0.508. The van der Waals surface area contributed by atoms with Crippen LogP contribution in [0.25, 0.3) is 44.2 Å². The lowest BCUT2D eigenvalue weighted by Gasteiger charge is -2.44. The third kappa shape index (κ3) is 6.76. The molecule has 0 saturated carbocycles. The van der Waals surface area contributed by atoms with E-state index in [1.165, 1.54) is 94.3 Å². The first-order valence-corrected chi connectivity index (χ1v) is 25.3. The number of fused-ring (bicyclic) bond motifs is 11. The third-order valence-corrected chi connectivity index (χ3v) is 15.8. The van der Waals surface area contributed by atoms with Crippen LogP contribution in [-0.4, -0.2) is 11.1 Å². The van der Waals surface area contributed by atoms with Crippen LogP contribution >= 0.6 is 0 Å². The molecule has 0 fully saturated rings. The number of hydrogen-bond donors (Lipinski definition) is 0. The van der Waals surface area contributed by atoms with E-state index >= 15 is 0 Å². The molecule has 0 N–H and O–H groups in total. The first-order chi connectivity index (χ1) is 32.2. The molecule has 0 amide bonds. The molecule has 0 saturated heterocycles. The second-order valence-corrected chi connectivity index (χ2v) is 25.6. The Kier molecular flexibility index (Phi) is 9.62. The number of benzene rings is 6. The molecule has 4 nitrogen and oxygen atoms in total. The molecule has 0 aliphatic carbocycles. The van der Waals surface area contributed by atoms with Gasteiger partial charge in [-0.05, 0) is 129 Å². The van der Waals surface area contributed by atoms with E-state index in [0.717, 1.165) is 33.7 Å². The van der Waals surface area contributed by atoms with Gasteiger partial charge in [0.15, 0.2) is 0 Å². The van der Waals surface area contributed by atoms with Gasteiger partial charge < -0.3 is 18.6 Å². The molecule has 0 unspecified atom stereocenters. The zero-order valence-electron chi connectivity index (χ0n) is 44.3. The predicted octanol–water partition coefficient (Wildman–Crippen LogP) is 16.5. The SMILES string of the molecule is C/C(=C\c1c(C)n2c3ccc(C(C)(C)C)cc3c3c4c5c(c1c32)N(c1ccc(C(C)(C)C)cc1)c1ccc(C(C)(C)C)cc1B5c1oc2ccccc2c1N4c1ccc(C(C)(C)C)cc1)C(C)(C)C. The lowest BCUT2D eigenvalue weighted by Crippen LogP contribution is -2.61. The van der Waals surface area contributed by atoms with Gasteiger partial charge in [0.25, 0.3) is 6.71 Å². The van der Waals surface area contributed by atoms with Crippen LogP contribution in [-0.2, 0) is 21.7 Å². The topological polar surface area (TPSA) is 24.0 Å². The maximum Gasteiger partial charge on any atom is 0.297 e. The van der Waals surface area contributed by atoms with Gasteiger partial charge in [0, 0.05) is 49.9 Å². The molecule has 5 heteroatoms. The van der Waals surface area contributed by atoms with Crippen LogP contribution in [0.3, 0.4) is 0 Å². The summed E-state index contributed by atoms with van der Waals surface area (Å²) in [7, 11) is 0. The fourth-order valence-corrected chi connectivity index (χ4v) is 11.3. The average molecular weight is 908 g/mol. The van der Waals surface area contributed by atoms with Gasteiger partial charge in [-0.15, -0.1) is 0 Å². The fourth-order valence-electron chi connectivity index (χ4n) is 11.3. The number of nitrogens with zero attached hydrogens (tertiary/aromatic N) is 3. The van der Waals surface area contributed by atoms with Gasteiger partial charge in [-0.25, -0.2) is 0 Å². The summed E-state index contributed by atoms with van der Waals surface area (Å²) in [4.78, 5) is 5.24. The van der Waals surface area contributed by atoms with Crippen LogP contribution in [0, 0.1) is 12.3 Å². The molecule has 0 spiro atoms. The van der Waals surface area contributed by atoms with Crippen LogP contribution in [0.4, 0.5) is 34.1 Å². The van der Waals surface area contributed by atoms with Crippen molar-refractivity contribution in [2.24, 2.45) is 5.41 Å². The molecule has 11 rings (SSSR count). The summed E-state index contributed by atoms with van der Waals surface area (Å²) in [6.45, 7) is 39.4. The smallest absolute Gasteiger partial charge is 0.297 e. The van der Waals surface area contributed by atoms with E-state index in [4.69, 9.17) is 4.42 Å². The molecule has 69 heavy (non-hydrogen) atoms. The normalized spacial score (nSPS) is 14.7. The molecular weight excluding hydrogens is 838 g/mol. The number of para-hydroxylation sites is 1. The molecule has 5 heterocycles. The number of aryl methyl sites for hydroxylation is 1. The van der Waals surface area contributed by atoms with Crippen molar-refractivity contribution in [1.82, 2.24) is 4.40 Å². The summed E-state index contributed by atoms with van der Waals surface area (Å²) in [6, 6.07) is 42.2. The van der Waals surface area contributed by atoms with E-state index in [0.29, 0.717) is 0 Å². The molecule has 0 atom stereocenters. The van der Waals surface area contributed by atoms with Crippen LogP contribution in [0.15, 0.2) is 119 Å². The highest BCUT2D eigenvalue weighted by Gasteiger charge is 2.50. The minimum absolute atomic E-state index is 0.00154. The van der Waals surface area contributed by atoms with E-state index < -0.39 is 0 Å². The molecule has 6 aromatic carbocycles. The van der Waals surface area contributed by atoms with Gasteiger partial charge in [0.05, 0.1) is 33.8 Å². The fraction of sp³-hybridized carbons (Fsp3) is 0.344. The molecule has 0 bridgehead atoms. The molecule has 350 valence electrons. The molecular formula is C64H70BN3O. The second kappa shape index (κ2) is 14.7. The Morgan fingerprint density at radius 2 is 1.06 bits per heavy atom. The number of aromatic nitrogens is 1. The van der Waals surface area contributed by atoms with Crippen LogP contribution < -0.4 is 26.4 Å². The van der Waals surface area contributed by atoms with Crippen molar-refractivity contribution in [3.8, 4) is 0 Å². The highest BCUT2D eigenvalue weighted by molar-refractivity contribution is 7.00. The Hall–Kier alpha value is -6.20. The number of furan rings is 1. The Balaban J connectivity index is 1.43. The number of anilines is 6. The van der Waals surface area contributed by atoms with Crippen molar-refractivity contribution < 1.29 is 4.42 Å². The highest BCUT2D eigenvalue weighted by Crippen LogP contribution is 2.56. The molecule has 3 aromatic heterocycles. The summed E-state index contributed by atoms with van der Waals surface area (Å²) in [5, 5.41) is 4.99. The highest BCUT2D eigenvalue weighted by atomic mass is 16.3.